The summed E-state index contributed by atoms with van der Waals surface area (Å²) in [6.45, 7) is 3.89. The van der Waals surface area contributed by atoms with Gasteiger partial charge in [-0.25, -0.2) is 8.42 Å². The molecule has 1 atom stereocenters. The first-order chi connectivity index (χ1) is 14.8. The van der Waals surface area contributed by atoms with Crippen LogP contribution in [0.5, 0.6) is 11.5 Å². The molecular weight excluding hydrogens is 414 g/mol. The number of ether oxygens (including phenoxy) is 2. The molecule has 0 spiro atoms. The van der Waals surface area contributed by atoms with E-state index >= 15 is 0 Å². The van der Waals surface area contributed by atoms with E-state index in [1.807, 2.05) is 42.5 Å². The largest absolute Gasteiger partial charge is 0.493 e. The lowest BCUT2D eigenvalue weighted by molar-refractivity contribution is 0.331. The number of aromatic nitrogens is 2. The van der Waals surface area contributed by atoms with Gasteiger partial charge in [-0.05, 0) is 49.1 Å². The van der Waals surface area contributed by atoms with Gasteiger partial charge in [0.25, 0.3) is 0 Å². The smallest absolute Gasteiger partial charge is 0.247 e. The van der Waals surface area contributed by atoms with Gasteiger partial charge in [0.15, 0.2) is 11.5 Å². The van der Waals surface area contributed by atoms with Crippen molar-refractivity contribution in [1.82, 2.24) is 14.1 Å². The fraction of sp³-hybridized carbons (Fsp3) is 0.348. The van der Waals surface area contributed by atoms with E-state index in [1.54, 1.807) is 44.1 Å². The maximum Gasteiger partial charge on any atom is 0.247 e. The first-order valence-corrected chi connectivity index (χ1v) is 11.5. The van der Waals surface area contributed by atoms with Crippen molar-refractivity contribution in [2.45, 2.75) is 31.2 Å². The number of rotatable bonds is 5. The second-order valence-corrected chi connectivity index (χ2v) is 9.54. The van der Waals surface area contributed by atoms with Crippen LogP contribution >= 0.6 is 0 Å². The van der Waals surface area contributed by atoms with E-state index in [2.05, 4.69) is 5.10 Å². The fourth-order valence-electron chi connectivity index (χ4n) is 4.41. The van der Waals surface area contributed by atoms with Gasteiger partial charge in [-0.2, -0.15) is 9.40 Å². The Kier molecular flexibility index (Phi) is 5.53. The van der Waals surface area contributed by atoms with Crippen molar-refractivity contribution >= 4 is 10.0 Å². The van der Waals surface area contributed by atoms with Gasteiger partial charge < -0.3 is 9.47 Å². The van der Waals surface area contributed by atoms with Crippen LogP contribution in [-0.4, -0.2) is 43.3 Å². The molecule has 0 fully saturated rings. The Morgan fingerprint density at radius 3 is 2.26 bits per heavy atom. The van der Waals surface area contributed by atoms with Crippen molar-refractivity contribution in [1.29, 1.82) is 0 Å². The lowest BCUT2D eigenvalue weighted by atomic mass is 9.89. The minimum atomic E-state index is -3.80. The Morgan fingerprint density at radius 1 is 1.03 bits per heavy atom. The molecule has 8 heteroatoms. The van der Waals surface area contributed by atoms with E-state index in [-0.39, 0.29) is 4.90 Å². The monoisotopic (exact) mass is 441 g/mol. The summed E-state index contributed by atoms with van der Waals surface area (Å²) in [5.41, 5.74) is 3.99. The second-order valence-electron chi connectivity index (χ2n) is 7.71. The van der Waals surface area contributed by atoms with Crippen molar-refractivity contribution in [3.63, 3.8) is 0 Å². The van der Waals surface area contributed by atoms with Crippen molar-refractivity contribution in [2.24, 2.45) is 7.05 Å². The molecule has 2 heterocycles. The molecule has 0 amide bonds. The molecule has 3 aromatic rings. The van der Waals surface area contributed by atoms with Gasteiger partial charge in [0.05, 0.1) is 31.6 Å². The topological polar surface area (TPSA) is 73.7 Å². The SMILES string of the molecule is COc1cc2c(cc1OC)C(c1ccccc1)N(S(=O)(=O)c1c(C)nn(C)c1C)CC2. The normalized spacial score (nSPS) is 16.7. The van der Waals surface area contributed by atoms with Crippen LogP contribution in [0.25, 0.3) is 0 Å². The standard InChI is InChI=1S/C23H27N3O4S/c1-15-23(16(2)25(3)24-15)31(27,28)26-12-11-18-13-20(29-4)21(30-5)14-19(18)22(26)17-9-7-6-8-10-17/h6-10,13-14,22H,11-12H2,1-5H3. The number of hydrogen-bond acceptors (Lipinski definition) is 5. The van der Waals surface area contributed by atoms with Crippen LogP contribution in [0.15, 0.2) is 47.4 Å². The predicted molar refractivity (Wildman–Crippen MR) is 118 cm³/mol. The number of hydrogen-bond donors (Lipinski definition) is 0. The van der Waals surface area contributed by atoms with Gasteiger partial charge in [-0.15, -0.1) is 0 Å². The summed E-state index contributed by atoms with van der Waals surface area (Å²) < 4.78 is 42.1. The second kappa shape index (κ2) is 8.01. The molecule has 0 bridgehead atoms. The molecule has 4 rings (SSSR count). The van der Waals surface area contributed by atoms with E-state index in [9.17, 15) is 8.42 Å². The van der Waals surface area contributed by atoms with Gasteiger partial charge in [0, 0.05) is 13.6 Å². The van der Waals surface area contributed by atoms with Crippen LogP contribution in [-0.2, 0) is 23.5 Å². The van der Waals surface area contributed by atoms with Crippen molar-refractivity contribution < 1.29 is 17.9 Å². The number of sulfonamides is 1. The first-order valence-electron chi connectivity index (χ1n) is 10.1. The molecule has 1 aliphatic rings. The van der Waals surface area contributed by atoms with Crippen LogP contribution in [0.3, 0.4) is 0 Å². The summed E-state index contributed by atoms with van der Waals surface area (Å²) in [7, 11) is 1.15. The molecule has 164 valence electrons. The summed E-state index contributed by atoms with van der Waals surface area (Å²) >= 11 is 0. The Balaban J connectivity index is 1.94. The third-order valence-electron chi connectivity index (χ3n) is 5.95. The number of benzene rings is 2. The summed E-state index contributed by atoms with van der Waals surface area (Å²) in [5, 5.41) is 4.34. The molecule has 1 aromatic heterocycles. The maximum absolute atomic E-state index is 13.9. The number of methoxy groups -OCH3 is 2. The molecule has 31 heavy (non-hydrogen) atoms. The highest BCUT2D eigenvalue weighted by Crippen LogP contribution is 2.43. The molecule has 0 saturated carbocycles. The van der Waals surface area contributed by atoms with E-state index < -0.39 is 16.1 Å². The molecule has 2 aromatic carbocycles. The molecule has 1 aliphatic heterocycles. The van der Waals surface area contributed by atoms with E-state index in [0.717, 1.165) is 16.7 Å². The Morgan fingerprint density at radius 2 is 1.68 bits per heavy atom. The van der Waals surface area contributed by atoms with Gasteiger partial charge in [-0.1, -0.05) is 30.3 Å². The minimum Gasteiger partial charge on any atom is -0.493 e. The third-order valence-corrected chi connectivity index (χ3v) is 8.07. The zero-order valence-electron chi connectivity index (χ0n) is 18.4. The van der Waals surface area contributed by atoms with Crippen LogP contribution in [0.1, 0.15) is 34.1 Å². The van der Waals surface area contributed by atoms with Gasteiger partial charge in [0.1, 0.15) is 4.90 Å². The number of aryl methyl sites for hydroxylation is 2. The quantitative estimate of drug-likeness (QED) is 0.607. The molecule has 0 N–H and O–H groups in total. The molecule has 0 aliphatic carbocycles. The summed E-state index contributed by atoms with van der Waals surface area (Å²) in [5.74, 6) is 1.22. The predicted octanol–water partition coefficient (Wildman–Crippen LogP) is 3.39. The van der Waals surface area contributed by atoms with E-state index in [4.69, 9.17) is 9.47 Å². The lowest BCUT2D eigenvalue weighted by Gasteiger charge is -2.37. The Hall–Kier alpha value is -2.84. The average Bonchev–Trinajstić information content (AvgIpc) is 3.03. The van der Waals surface area contributed by atoms with Crippen LogP contribution in [0.2, 0.25) is 0 Å². The summed E-state index contributed by atoms with van der Waals surface area (Å²) in [6.07, 6.45) is 0.580. The molecule has 0 saturated heterocycles. The fourth-order valence-corrected chi connectivity index (χ4v) is 6.41. The summed E-state index contributed by atoms with van der Waals surface area (Å²) in [4.78, 5) is 0.278. The molecular formula is C23H27N3O4S. The Bertz CT molecular complexity index is 1220. The highest BCUT2D eigenvalue weighted by atomic mass is 32.2. The molecule has 7 nitrogen and oxygen atoms in total. The van der Waals surface area contributed by atoms with E-state index in [1.165, 1.54) is 0 Å². The first kappa shape index (κ1) is 21.4. The number of nitrogens with zero attached hydrogens (tertiary/aromatic N) is 3. The van der Waals surface area contributed by atoms with Gasteiger partial charge in [-0.3, -0.25) is 4.68 Å². The van der Waals surface area contributed by atoms with Gasteiger partial charge in [0.2, 0.25) is 10.0 Å². The van der Waals surface area contributed by atoms with Crippen LogP contribution < -0.4 is 9.47 Å². The van der Waals surface area contributed by atoms with Crippen molar-refractivity contribution in [2.75, 3.05) is 20.8 Å². The zero-order chi connectivity index (χ0) is 22.3. The molecule has 0 radical (unpaired) electrons. The van der Waals surface area contributed by atoms with Gasteiger partial charge >= 0.3 is 0 Å². The highest BCUT2D eigenvalue weighted by molar-refractivity contribution is 7.89. The number of fused-ring (bicyclic) bond motifs is 1. The molecule has 1 unspecified atom stereocenters. The maximum atomic E-state index is 13.9. The zero-order valence-corrected chi connectivity index (χ0v) is 19.2. The Labute approximate surface area is 183 Å². The minimum absolute atomic E-state index is 0.278. The lowest BCUT2D eigenvalue weighted by Crippen LogP contribution is -2.41. The van der Waals surface area contributed by atoms with Crippen molar-refractivity contribution in [3.8, 4) is 11.5 Å². The van der Waals surface area contributed by atoms with E-state index in [0.29, 0.717) is 35.9 Å². The van der Waals surface area contributed by atoms with Crippen molar-refractivity contribution in [3.05, 3.63) is 70.5 Å². The van der Waals surface area contributed by atoms with Crippen LogP contribution in [0.4, 0.5) is 0 Å². The summed E-state index contributed by atoms with van der Waals surface area (Å²) in [6, 6.07) is 13.1. The van der Waals surface area contributed by atoms with Crippen LogP contribution in [0, 0.1) is 13.8 Å². The highest BCUT2D eigenvalue weighted by Gasteiger charge is 2.40. The average molecular weight is 442 g/mol. The third kappa shape index (κ3) is 3.49.